The monoisotopic (exact) mass is 449 g/mol. The summed E-state index contributed by atoms with van der Waals surface area (Å²) in [6, 6.07) is 14.0. The maximum atomic E-state index is 12.6. The lowest BCUT2D eigenvalue weighted by Gasteiger charge is -2.31. The van der Waals surface area contributed by atoms with Crippen LogP contribution in [0.25, 0.3) is 0 Å². The van der Waals surface area contributed by atoms with Gasteiger partial charge < -0.3 is 26.2 Å². The van der Waals surface area contributed by atoms with Crippen LogP contribution < -0.4 is 21.3 Å². The summed E-state index contributed by atoms with van der Waals surface area (Å²) >= 11 is 0. The van der Waals surface area contributed by atoms with Gasteiger partial charge in [0.25, 0.3) is 0 Å². The van der Waals surface area contributed by atoms with Gasteiger partial charge in [0.2, 0.25) is 5.91 Å². The summed E-state index contributed by atoms with van der Waals surface area (Å²) in [4.78, 5) is 38.8. The number of anilines is 3. The van der Waals surface area contributed by atoms with Crippen molar-refractivity contribution in [1.82, 2.24) is 10.2 Å². The molecule has 33 heavy (non-hydrogen) atoms. The van der Waals surface area contributed by atoms with Crippen LogP contribution in [-0.2, 0) is 4.79 Å². The van der Waals surface area contributed by atoms with Gasteiger partial charge in [0.15, 0.2) is 0 Å². The molecule has 8 heteroatoms. The largest absolute Gasteiger partial charge is 0.356 e. The number of hydrogen-bond acceptors (Lipinski definition) is 3. The van der Waals surface area contributed by atoms with Crippen LogP contribution in [0.3, 0.4) is 0 Å². The predicted molar refractivity (Wildman–Crippen MR) is 129 cm³/mol. The lowest BCUT2D eigenvalue weighted by Crippen LogP contribution is -2.44. The average Bonchev–Trinajstić information content (AvgIpc) is 3.65. The van der Waals surface area contributed by atoms with Gasteiger partial charge in [0.1, 0.15) is 0 Å². The first kappa shape index (κ1) is 22.6. The molecule has 4 N–H and O–H groups in total. The third kappa shape index (κ3) is 6.71. The Bertz CT molecular complexity index is 978. The molecule has 8 nitrogen and oxygen atoms in total. The molecule has 0 spiro atoms. The number of rotatable bonds is 6. The van der Waals surface area contributed by atoms with E-state index >= 15 is 0 Å². The van der Waals surface area contributed by atoms with E-state index < -0.39 is 0 Å². The Morgan fingerprint density at radius 1 is 0.788 bits per heavy atom. The Kier molecular flexibility index (Phi) is 7.12. The highest BCUT2D eigenvalue weighted by molar-refractivity contribution is 6.00. The number of benzene rings is 2. The van der Waals surface area contributed by atoms with E-state index in [1.807, 2.05) is 31.2 Å². The number of amides is 5. The fourth-order valence-electron chi connectivity index (χ4n) is 3.83. The van der Waals surface area contributed by atoms with E-state index in [0.29, 0.717) is 48.9 Å². The molecule has 0 atom stereocenters. The number of urea groups is 2. The first-order valence-electron chi connectivity index (χ1n) is 11.5. The second-order valence-electron chi connectivity index (χ2n) is 8.90. The molecule has 1 saturated heterocycles. The number of carbonyl (C=O) groups excluding carboxylic acids is 3. The van der Waals surface area contributed by atoms with E-state index in [-0.39, 0.29) is 23.9 Å². The minimum absolute atomic E-state index is 0.00999. The summed E-state index contributed by atoms with van der Waals surface area (Å²) in [5.74, 6) is 0.782. The molecule has 2 fully saturated rings. The van der Waals surface area contributed by atoms with Crippen LogP contribution in [-0.4, -0.2) is 42.5 Å². The maximum Gasteiger partial charge on any atom is 0.323 e. The molecule has 2 aliphatic rings. The fraction of sp³-hybridized carbons (Fsp3) is 0.400. The lowest BCUT2D eigenvalue weighted by molar-refractivity contribution is -0.126. The van der Waals surface area contributed by atoms with Gasteiger partial charge in [-0.2, -0.15) is 0 Å². The van der Waals surface area contributed by atoms with Crippen molar-refractivity contribution in [3.63, 3.8) is 0 Å². The Morgan fingerprint density at radius 2 is 1.30 bits per heavy atom. The van der Waals surface area contributed by atoms with Gasteiger partial charge in [-0.15, -0.1) is 0 Å². The van der Waals surface area contributed by atoms with E-state index in [1.54, 1.807) is 29.2 Å². The second kappa shape index (κ2) is 10.4. The smallest absolute Gasteiger partial charge is 0.323 e. The molecule has 4 rings (SSSR count). The average molecular weight is 450 g/mol. The summed E-state index contributed by atoms with van der Waals surface area (Å²) in [5.41, 5.74) is 3.10. The Balaban J connectivity index is 1.20. The Hall–Kier alpha value is -3.55. The summed E-state index contributed by atoms with van der Waals surface area (Å²) in [6.45, 7) is 3.90. The van der Waals surface area contributed by atoms with Crippen molar-refractivity contribution in [2.45, 2.75) is 32.6 Å². The van der Waals surface area contributed by atoms with Gasteiger partial charge in [0, 0.05) is 42.6 Å². The van der Waals surface area contributed by atoms with Crippen LogP contribution >= 0.6 is 0 Å². The molecule has 2 aromatic carbocycles. The molecule has 0 radical (unpaired) electrons. The SMILES string of the molecule is Cc1ccc(NC(=O)Nc2ccc(NC(=O)N3CCC(C(=O)NCC4CC4)CC3)cc2)cc1. The highest BCUT2D eigenvalue weighted by atomic mass is 16.2. The van der Waals surface area contributed by atoms with E-state index in [0.717, 1.165) is 12.1 Å². The van der Waals surface area contributed by atoms with Crippen LogP contribution in [0.1, 0.15) is 31.2 Å². The molecule has 5 amide bonds. The normalized spacial score (nSPS) is 16.1. The molecule has 0 aromatic heterocycles. The highest BCUT2D eigenvalue weighted by Crippen LogP contribution is 2.28. The molecule has 1 saturated carbocycles. The number of hydrogen-bond donors (Lipinski definition) is 4. The zero-order valence-electron chi connectivity index (χ0n) is 18.9. The van der Waals surface area contributed by atoms with Gasteiger partial charge in [-0.25, -0.2) is 9.59 Å². The Labute approximate surface area is 194 Å². The zero-order chi connectivity index (χ0) is 23.2. The predicted octanol–water partition coefficient (Wildman–Crippen LogP) is 4.41. The van der Waals surface area contributed by atoms with Crippen molar-refractivity contribution in [2.24, 2.45) is 11.8 Å². The lowest BCUT2D eigenvalue weighted by atomic mass is 9.96. The number of nitrogens with zero attached hydrogens (tertiary/aromatic N) is 1. The van der Waals surface area contributed by atoms with Gasteiger partial charge in [-0.3, -0.25) is 4.79 Å². The molecular weight excluding hydrogens is 418 g/mol. The van der Waals surface area contributed by atoms with Gasteiger partial charge in [-0.05, 0) is 74.9 Å². The molecule has 0 bridgehead atoms. The number of nitrogens with one attached hydrogen (secondary N) is 4. The van der Waals surface area contributed by atoms with Gasteiger partial charge in [0.05, 0.1) is 0 Å². The highest BCUT2D eigenvalue weighted by Gasteiger charge is 2.29. The number of aryl methyl sites for hydroxylation is 1. The first-order valence-corrected chi connectivity index (χ1v) is 11.5. The van der Waals surface area contributed by atoms with Gasteiger partial charge in [-0.1, -0.05) is 17.7 Å². The molecule has 1 aliphatic carbocycles. The molecule has 2 aromatic rings. The summed E-state index contributed by atoms with van der Waals surface area (Å²) in [6.07, 6.45) is 3.80. The van der Waals surface area contributed by atoms with Gasteiger partial charge >= 0.3 is 12.1 Å². The quantitative estimate of drug-likeness (QED) is 0.525. The number of likely N-dealkylation sites (tertiary alicyclic amines) is 1. The van der Waals surface area contributed by atoms with E-state index in [1.165, 1.54) is 12.8 Å². The zero-order valence-corrected chi connectivity index (χ0v) is 18.9. The third-order valence-electron chi connectivity index (χ3n) is 6.12. The van der Waals surface area contributed by atoms with Crippen molar-refractivity contribution in [3.05, 3.63) is 54.1 Å². The Morgan fingerprint density at radius 3 is 1.85 bits per heavy atom. The van der Waals surface area contributed by atoms with E-state index in [9.17, 15) is 14.4 Å². The summed E-state index contributed by atoms with van der Waals surface area (Å²) < 4.78 is 0. The van der Waals surface area contributed by atoms with Crippen LogP contribution in [0.5, 0.6) is 0 Å². The standard InChI is InChI=1S/C25H31N5O3/c1-17-2-6-20(7-3-17)27-24(32)28-21-8-10-22(11-9-21)29-25(33)30-14-12-19(13-15-30)23(31)26-16-18-4-5-18/h2-3,6-11,18-19H,4-5,12-16H2,1H3,(H,26,31)(H,29,33)(H2,27,28,32). The fourth-order valence-corrected chi connectivity index (χ4v) is 3.83. The van der Waals surface area contributed by atoms with Crippen LogP contribution in [0.15, 0.2) is 48.5 Å². The van der Waals surface area contributed by atoms with Crippen molar-refractivity contribution in [2.75, 3.05) is 35.6 Å². The number of piperidine rings is 1. The topological polar surface area (TPSA) is 103 Å². The van der Waals surface area contributed by atoms with Crippen LogP contribution in [0, 0.1) is 18.8 Å². The van der Waals surface area contributed by atoms with Crippen molar-refractivity contribution >= 4 is 35.0 Å². The van der Waals surface area contributed by atoms with Crippen molar-refractivity contribution in [1.29, 1.82) is 0 Å². The van der Waals surface area contributed by atoms with Crippen LogP contribution in [0.4, 0.5) is 26.7 Å². The number of carbonyl (C=O) groups is 3. The first-order chi connectivity index (χ1) is 16.0. The molecule has 174 valence electrons. The molecule has 1 heterocycles. The molecule has 0 unspecified atom stereocenters. The van der Waals surface area contributed by atoms with Crippen molar-refractivity contribution in [3.8, 4) is 0 Å². The minimum atomic E-state index is -0.334. The maximum absolute atomic E-state index is 12.6. The second-order valence-corrected chi connectivity index (χ2v) is 8.90. The van der Waals surface area contributed by atoms with E-state index in [2.05, 4.69) is 21.3 Å². The minimum Gasteiger partial charge on any atom is -0.356 e. The van der Waals surface area contributed by atoms with Crippen molar-refractivity contribution < 1.29 is 14.4 Å². The molecule has 1 aliphatic heterocycles. The van der Waals surface area contributed by atoms with Crippen LogP contribution in [0.2, 0.25) is 0 Å². The molecular formula is C25H31N5O3. The summed E-state index contributed by atoms with van der Waals surface area (Å²) in [5, 5.41) is 11.5. The van der Waals surface area contributed by atoms with E-state index in [4.69, 9.17) is 0 Å². The third-order valence-corrected chi connectivity index (χ3v) is 6.12. The summed E-state index contributed by atoms with van der Waals surface area (Å²) in [7, 11) is 0.